The highest BCUT2D eigenvalue weighted by Gasteiger charge is 2.06. The van der Waals surface area contributed by atoms with E-state index in [9.17, 15) is 4.79 Å². The fraction of sp³-hybridized carbons (Fsp3) is 0.188. The molecule has 2 aromatic rings. The largest absolute Gasteiger partial charge is 0.497 e. The van der Waals surface area contributed by atoms with Crippen molar-refractivity contribution >= 4 is 17.3 Å². The molecule has 0 saturated carbocycles. The Bertz CT molecular complexity index is 624. The summed E-state index contributed by atoms with van der Waals surface area (Å²) < 4.78 is 10.5. The number of aryl methyl sites for hydroxylation is 1. The van der Waals surface area contributed by atoms with Crippen molar-refractivity contribution < 1.29 is 14.3 Å². The summed E-state index contributed by atoms with van der Waals surface area (Å²) in [6.07, 6.45) is 0. The minimum Gasteiger partial charge on any atom is -0.497 e. The molecule has 0 spiro atoms. The van der Waals surface area contributed by atoms with Crippen LogP contribution in [0, 0.1) is 6.92 Å². The number of carbonyl (C=O) groups is 1. The number of nitrogens with one attached hydrogen (secondary N) is 1. The number of rotatable bonds is 5. The van der Waals surface area contributed by atoms with Crippen molar-refractivity contribution in [1.29, 1.82) is 0 Å². The van der Waals surface area contributed by atoms with Crippen molar-refractivity contribution in [2.75, 3.05) is 24.8 Å². The first-order valence-corrected chi connectivity index (χ1v) is 6.51. The summed E-state index contributed by atoms with van der Waals surface area (Å²) in [4.78, 5) is 11.9. The average molecular weight is 286 g/mol. The Morgan fingerprint density at radius 3 is 2.43 bits per heavy atom. The van der Waals surface area contributed by atoms with Crippen LogP contribution in [0.5, 0.6) is 11.5 Å². The van der Waals surface area contributed by atoms with Crippen LogP contribution in [0.4, 0.5) is 11.4 Å². The smallest absolute Gasteiger partial charge is 0.262 e. The van der Waals surface area contributed by atoms with E-state index in [0.717, 1.165) is 17.0 Å². The van der Waals surface area contributed by atoms with Gasteiger partial charge in [0.1, 0.15) is 11.5 Å². The fourth-order valence-electron chi connectivity index (χ4n) is 1.83. The number of nitrogens with two attached hydrogens (primary N) is 1. The molecule has 5 nitrogen and oxygen atoms in total. The van der Waals surface area contributed by atoms with Crippen LogP contribution in [0.15, 0.2) is 42.5 Å². The Morgan fingerprint density at radius 2 is 1.81 bits per heavy atom. The monoisotopic (exact) mass is 286 g/mol. The second-order valence-corrected chi connectivity index (χ2v) is 4.59. The first-order valence-electron chi connectivity index (χ1n) is 6.51. The molecule has 0 unspecified atom stereocenters. The van der Waals surface area contributed by atoms with Gasteiger partial charge in [-0.25, -0.2) is 0 Å². The SMILES string of the molecule is COc1ccc(OCC(=O)Nc2ccc(N)cc2C)cc1. The zero-order valence-electron chi connectivity index (χ0n) is 12.1. The highest BCUT2D eigenvalue weighted by Crippen LogP contribution is 2.19. The lowest BCUT2D eigenvalue weighted by atomic mass is 10.2. The molecule has 0 atom stereocenters. The zero-order valence-corrected chi connectivity index (χ0v) is 12.1. The van der Waals surface area contributed by atoms with E-state index in [1.165, 1.54) is 0 Å². The van der Waals surface area contributed by atoms with Gasteiger partial charge in [0.2, 0.25) is 0 Å². The quantitative estimate of drug-likeness (QED) is 0.829. The number of anilines is 2. The van der Waals surface area contributed by atoms with Crippen LogP contribution in [0.3, 0.4) is 0 Å². The van der Waals surface area contributed by atoms with Gasteiger partial charge in [0.25, 0.3) is 5.91 Å². The normalized spacial score (nSPS) is 10.0. The van der Waals surface area contributed by atoms with Crippen molar-refractivity contribution in [3.05, 3.63) is 48.0 Å². The molecule has 5 heteroatoms. The highest BCUT2D eigenvalue weighted by atomic mass is 16.5. The maximum Gasteiger partial charge on any atom is 0.262 e. The second kappa shape index (κ2) is 6.65. The van der Waals surface area contributed by atoms with E-state index in [0.29, 0.717) is 11.4 Å². The Hall–Kier alpha value is -2.69. The van der Waals surface area contributed by atoms with Gasteiger partial charge in [0, 0.05) is 11.4 Å². The third-order valence-corrected chi connectivity index (χ3v) is 2.95. The first-order chi connectivity index (χ1) is 10.1. The predicted molar refractivity (Wildman–Crippen MR) is 82.7 cm³/mol. The van der Waals surface area contributed by atoms with Crippen molar-refractivity contribution in [1.82, 2.24) is 0 Å². The Kier molecular flexibility index (Phi) is 4.66. The minimum absolute atomic E-state index is 0.0594. The van der Waals surface area contributed by atoms with Gasteiger partial charge in [0.15, 0.2) is 6.61 Å². The molecule has 0 radical (unpaired) electrons. The van der Waals surface area contributed by atoms with Crippen molar-refractivity contribution in [3.8, 4) is 11.5 Å². The molecule has 2 rings (SSSR count). The highest BCUT2D eigenvalue weighted by molar-refractivity contribution is 5.92. The van der Waals surface area contributed by atoms with Gasteiger partial charge in [-0.05, 0) is 55.0 Å². The lowest BCUT2D eigenvalue weighted by molar-refractivity contribution is -0.118. The number of nitrogen functional groups attached to an aromatic ring is 1. The third kappa shape index (κ3) is 4.14. The van der Waals surface area contributed by atoms with Crippen molar-refractivity contribution in [3.63, 3.8) is 0 Å². The topological polar surface area (TPSA) is 73.6 Å². The maximum atomic E-state index is 11.9. The molecule has 0 aliphatic carbocycles. The summed E-state index contributed by atoms with van der Waals surface area (Å²) in [5.41, 5.74) is 7.97. The Labute approximate surface area is 123 Å². The lowest BCUT2D eigenvalue weighted by Gasteiger charge is -2.10. The predicted octanol–water partition coefficient (Wildman–Crippen LogP) is 2.60. The summed E-state index contributed by atoms with van der Waals surface area (Å²) in [6, 6.07) is 12.4. The molecule has 110 valence electrons. The summed E-state index contributed by atoms with van der Waals surface area (Å²) >= 11 is 0. The van der Waals surface area contributed by atoms with Gasteiger partial charge in [-0.15, -0.1) is 0 Å². The van der Waals surface area contributed by atoms with Crippen molar-refractivity contribution in [2.45, 2.75) is 6.92 Å². The first kappa shape index (κ1) is 14.7. The summed E-state index contributed by atoms with van der Waals surface area (Å²) in [5.74, 6) is 1.13. The Morgan fingerprint density at radius 1 is 1.14 bits per heavy atom. The summed E-state index contributed by atoms with van der Waals surface area (Å²) in [7, 11) is 1.60. The van der Waals surface area contributed by atoms with E-state index in [2.05, 4.69) is 5.32 Å². The fourth-order valence-corrected chi connectivity index (χ4v) is 1.83. The molecule has 0 saturated heterocycles. The standard InChI is InChI=1S/C16H18N2O3/c1-11-9-12(17)3-8-15(11)18-16(19)10-21-14-6-4-13(20-2)5-7-14/h3-9H,10,17H2,1-2H3,(H,18,19). The molecule has 0 heterocycles. The number of methoxy groups -OCH3 is 1. The van der Waals surface area contributed by atoms with E-state index in [1.54, 1.807) is 49.6 Å². The molecule has 21 heavy (non-hydrogen) atoms. The molecule has 2 aromatic carbocycles. The number of amides is 1. The van der Waals surface area contributed by atoms with E-state index in [4.69, 9.17) is 15.2 Å². The summed E-state index contributed by atoms with van der Waals surface area (Å²) in [6.45, 7) is 1.83. The molecule has 0 aliphatic heterocycles. The van der Waals surface area contributed by atoms with Gasteiger partial charge in [-0.2, -0.15) is 0 Å². The van der Waals surface area contributed by atoms with Gasteiger partial charge in [-0.1, -0.05) is 0 Å². The van der Waals surface area contributed by atoms with Crippen molar-refractivity contribution in [2.24, 2.45) is 0 Å². The average Bonchev–Trinajstić information content (AvgIpc) is 2.48. The van der Waals surface area contributed by atoms with Crippen LogP contribution in [0.25, 0.3) is 0 Å². The molecular formula is C16H18N2O3. The summed E-state index contributed by atoms with van der Waals surface area (Å²) in [5, 5.41) is 2.79. The minimum atomic E-state index is -0.223. The zero-order chi connectivity index (χ0) is 15.2. The van der Waals surface area contributed by atoms with Gasteiger partial charge < -0.3 is 20.5 Å². The van der Waals surface area contributed by atoms with Crippen LogP contribution in [0.1, 0.15) is 5.56 Å². The van der Waals surface area contributed by atoms with Gasteiger partial charge in [0.05, 0.1) is 7.11 Å². The molecule has 0 aliphatic rings. The van der Waals surface area contributed by atoms with E-state index in [1.807, 2.05) is 6.92 Å². The molecule has 1 amide bonds. The van der Waals surface area contributed by atoms with Gasteiger partial charge in [-0.3, -0.25) is 4.79 Å². The number of hydrogen-bond donors (Lipinski definition) is 2. The van der Waals surface area contributed by atoms with E-state index < -0.39 is 0 Å². The number of ether oxygens (including phenoxy) is 2. The van der Waals surface area contributed by atoms with E-state index in [-0.39, 0.29) is 12.5 Å². The van der Waals surface area contributed by atoms with E-state index >= 15 is 0 Å². The van der Waals surface area contributed by atoms with Crippen LogP contribution >= 0.6 is 0 Å². The number of carbonyl (C=O) groups excluding carboxylic acids is 1. The molecule has 3 N–H and O–H groups in total. The third-order valence-electron chi connectivity index (χ3n) is 2.95. The number of benzene rings is 2. The van der Waals surface area contributed by atoms with Gasteiger partial charge >= 0.3 is 0 Å². The molecule has 0 fully saturated rings. The molecule has 0 aromatic heterocycles. The van der Waals surface area contributed by atoms with Crippen LogP contribution in [-0.4, -0.2) is 19.6 Å². The number of hydrogen-bond acceptors (Lipinski definition) is 4. The second-order valence-electron chi connectivity index (χ2n) is 4.59. The lowest BCUT2D eigenvalue weighted by Crippen LogP contribution is -2.20. The molecular weight excluding hydrogens is 268 g/mol. The van der Waals surface area contributed by atoms with Crippen LogP contribution in [-0.2, 0) is 4.79 Å². The Balaban J connectivity index is 1.89. The van der Waals surface area contributed by atoms with Crippen LogP contribution in [0.2, 0.25) is 0 Å². The molecule has 0 bridgehead atoms. The van der Waals surface area contributed by atoms with Crippen LogP contribution < -0.4 is 20.5 Å². The maximum absolute atomic E-state index is 11.9.